The summed E-state index contributed by atoms with van der Waals surface area (Å²) in [6.07, 6.45) is 4.45. The van der Waals surface area contributed by atoms with Crippen LogP contribution in [-0.4, -0.2) is 47.9 Å². The van der Waals surface area contributed by atoms with Gasteiger partial charge in [-0.3, -0.25) is 9.59 Å². The second-order valence-electron chi connectivity index (χ2n) is 5.90. The molecule has 0 saturated carbocycles. The fourth-order valence-corrected chi connectivity index (χ4v) is 3.51. The van der Waals surface area contributed by atoms with Gasteiger partial charge < -0.3 is 16.0 Å². The number of amides is 2. The van der Waals surface area contributed by atoms with Gasteiger partial charge in [0, 0.05) is 31.4 Å². The summed E-state index contributed by atoms with van der Waals surface area (Å²) in [5, 5.41) is 5.65. The Hall–Kier alpha value is -1.47. The van der Waals surface area contributed by atoms with Crippen molar-refractivity contribution in [2.45, 2.75) is 39.0 Å². The molecule has 1 aliphatic heterocycles. The van der Waals surface area contributed by atoms with Crippen molar-refractivity contribution in [1.29, 1.82) is 0 Å². The number of hydrogen-bond donors (Lipinski definition) is 2. The Morgan fingerprint density at radius 2 is 2.35 bits per heavy atom. The van der Waals surface area contributed by atoms with Crippen molar-refractivity contribution >= 4 is 23.2 Å². The van der Waals surface area contributed by atoms with Crippen LogP contribution in [0.15, 0.2) is 5.38 Å². The van der Waals surface area contributed by atoms with Crippen LogP contribution in [0.4, 0.5) is 0 Å². The molecule has 23 heavy (non-hydrogen) atoms. The van der Waals surface area contributed by atoms with Crippen molar-refractivity contribution in [1.82, 2.24) is 15.2 Å². The predicted octanol–water partition coefficient (Wildman–Crippen LogP) is 1.41. The molecule has 1 unspecified atom stereocenters. The van der Waals surface area contributed by atoms with E-state index in [1.807, 2.05) is 0 Å². The summed E-state index contributed by atoms with van der Waals surface area (Å²) in [6, 6.07) is 0. The van der Waals surface area contributed by atoms with Crippen LogP contribution in [0, 0.1) is 5.92 Å². The normalized spacial score (nSPS) is 18.0. The Labute approximate surface area is 141 Å². The van der Waals surface area contributed by atoms with Crippen LogP contribution in [0.2, 0.25) is 0 Å². The molecule has 128 valence electrons. The zero-order valence-corrected chi connectivity index (χ0v) is 14.5. The molecule has 0 aliphatic carbocycles. The molecule has 1 atom stereocenters. The lowest BCUT2D eigenvalue weighted by molar-refractivity contribution is -0.126. The van der Waals surface area contributed by atoms with Crippen molar-refractivity contribution in [3.8, 4) is 0 Å². The molecule has 2 rings (SSSR count). The number of nitrogens with zero attached hydrogens (tertiary/aromatic N) is 2. The molecule has 1 aromatic heterocycles. The van der Waals surface area contributed by atoms with E-state index in [2.05, 4.69) is 17.2 Å². The summed E-state index contributed by atoms with van der Waals surface area (Å²) in [6.45, 7) is 4.53. The van der Waals surface area contributed by atoms with Crippen molar-refractivity contribution in [2.24, 2.45) is 11.7 Å². The molecule has 3 N–H and O–H groups in total. The van der Waals surface area contributed by atoms with Gasteiger partial charge in [0.05, 0.1) is 10.9 Å². The quantitative estimate of drug-likeness (QED) is 0.736. The Balaban J connectivity index is 1.91. The highest BCUT2D eigenvalue weighted by Gasteiger charge is 2.29. The maximum Gasteiger partial charge on any atom is 0.273 e. The number of thiazole rings is 1. The van der Waals surface area contributed by atoms with Gasteiger partial charge in [0.15, 0.2) is 0 Å². The van der Waals surface area contributed by atoms with E-state index in [0.717, 1.165) is 30.7 Å². The molecular formula is C16H26N4O2S. The lowest BCUT2D eigenvalue weighted by Crippen LogP contribution is -2.45. The van der Waals surface area contributed by atoms with Gasteiger partial charge in [-0.15, -0.1) is 11.3 Å². The van der Waals surface area contributed by atoms with Crippen molar-refractivity contribution in [2.75, 3.05) is 26.2 Å². The number of rotatable bonds is 7. The first kappa shape index (κ1) is 17.9. The minimum Gasteiger partial charge on any atom is -0.356 e. The molecule has 0 radical (unpaired) electrons. The third-order valence-corrected chi connectivity index (χ3v) is 4.95. The Kier molecular flexibility index (Phi) is 6.98. The zero-order chi connectivity index (χ0) is 16.7. The molecular weight excluding hydrogens is 312 g/mol. The number of carbonyl (C=O) groups is 2. The zero-order valence-electron chi connectivity index (χ0n) is 13.7. The third-order valence-electron chi connectivity index (χ3n) is 4.04. The third kappa shape index (κ3) is 5.00. The fraction of sp³-hybridized carbons (Fsp3) is 0.688. The minimum atomic E-state index is -0.105. The number of carbonyl (C=O) groups excluding carboxylic acids is 2. The highest BCUT2D eigenvalue weighted by Crippen LogP contribution is 2.20. The minimum absolute atomic E-state index is 0.0676. The van der Waals surface area contributed by atoms with Gasteiger partial charge in [0.25, 0.3) is 5.91 Å². The van der Waals surface area contributed by atoms with Gasteiger partial charge in [0.1, 0.15) is 5.69 Å². The average molecular weight is 338 g/mol. The lowest BCUT2D eigenvalue weighted by Gasteiger charge is -2.31. The summed E-state index contributed by atoms with van der Waals surface area (Å²) in [4.78, 5) is 30.9. The Morgan fingerprint density at radius 1 is 1.52 bits per heavy atom. The second kappa shape index (κ2) is 8.98. The maximum absolute atomic E-state index is 12.6. The maximum atomic E-state index is 12.6. The first-order valence-electron chi connectivity index (χ1n) is 8.37. The molecule has 1 aromatic rings. The average Bonchev–Trinajstić information content (AvgIpc) is 3.03. The van der Waals surface area contributed by atoms with Crippen molar-refractivity contribution in [3.63, 3.8) is 0 Å². The number of hydrogen-bond acceptors (Lipinski definition) is 5. The summed E-state index contributed by atoms with van der Waals surface area (Å²) in [7, 11) is 0. The molecule has 1 saturated heterocycles. The van der Waals surface area contributed by atoms with Crippen molar-refractivity contribution < 1.29 is 9.59 Å². The standard InChI is InChI=1S/C16H26N4O2S/c1-2-3-8-18-15(21)12-5-4-9-20(10-12)16(22)13-11-23-14(19-13)6-7-17/h11-12H,2-10,17H2,1H3,(H,18,21). The highest BCUT2D eigenvalue weighted by molar-refractivity contribution is 7.09. The number of aromatic nitrogens is 1. The van der Waals surface area contributed by atoms with E-state index in [0.29, 0.717) is 38.3 Å². The van der Waals surface area contributed by atoms with E-state index in [4.69, 9.17) is 5.73 Å². The van der Waals surface area contributed by atoms with Crippen molar-refractivity contribution in [3.05, 3.63) is 16.1 Å². The van der Waals surface area contributed by atoms with E-state index in [1.165, 1.54) is 11.3 Å². The van der Waals surface area contributed by atoms with Crippen LogP contribution < -0.4 is 11.1 Å². The molecule has 2 amide bonds. The van der Waals surface area contributed by atoms with Crippen LogP contribution in [-0.2, 0) is 11.2 Å². The summed E-state index contributed by atoms with van der Waals surface area (Å²) >= 11 is 1.47. The Morgan fingerprint density at radius 3 is 3.09 bits per heavy atom. The van der Waals surface area contributed by atoms with Gasteiger partial charge in [0.2, 0.25) is 5.91 Å². The number of unbranched alkanes of at least 4 members (excludes halogenated alkanes) is 1. The summed E-state index contributed by atoms with van der Waals surface area (Å²) < 4.78 is 0. The van der Waals surface area contributed by atoms with Crippen LogP contribution in [0.5, 0.6) is 0 Å². The molecule has 1 aliphatic rings. The fourth-order valence-electron chi connectivity index (χ4n) is 2.72. The molecule has 6 nitrogen and oxygen atoms in total. The van der Waals surface area contributed by atoms with E-state index < -0.39 is 0 Å². The van der Waals surface area contributed by atoms with Crippen LogP contribution in [0.1, 0.15) is 48.1 Å². The largest absolute Gasteiger partial charge is 0.356 e. The SMILES string of the molecule is CCCCNC(=O)C1CCCN(C(=O)c2csc(CCN)n2)C1. The van der Waals surface area contributed by atoms with E-state index in [9.17, 15) is 9.59 Å². The first-order valence-corrected chi connectivity index (χ1v) is 9.25. The van der Waals surface area contributed by atoms with Gasteiger partial charge in [-0.05, 0) is 25.8 Å². The number of likely N-dealkylation sites (tertiary alicyclic amines) is 1. The van der Waals surface area contributed by atoms with Crippen LogP contribution in [0.25, 0.3) is 0 Å². The molecule has 0 spiro atoms. The van der Waals surface area contributed by atoms with E-state index >= 15 is 0 Å². The number of piperidine rings is 1. The van der Waals surface area contributed by atoms with Crippen LogP contribution >= 0.6 is 11.3 Å². The molecule has 1 fully saturated rings. The van der Waals surface area contributed by atoms with E-state index in [1.54, 1.807) is 10.3 Å². The highest BCUT2D eigenvalue weighted by atomic mass is 32.1. The van der Waals surface area contributed by atoms with Gasteiger partial charge in [-0.1, -0.05) is 13.3 Å². The summed E-state index contributed by atoms with van der Waals surface area (Å²) in [5.74, 6) is -0.111. The van der Waals surface area contributed by atoms with Gasteiger partial charge >= 0.3 is 0 Å². The second-order valence-corrected chi connectivity index (χ2v) is 6.84. The topological polar surface area (TPSA) is 88.3 Å². The molecule has 0 bridgehead atoms. The predicted molar refractivity (Wildman–Crippen MR) is 91.4 cm³/mol. The van der Waals surface area contributed by atoms with Gasteiger partial charge in [-0.25, -0.2) is 4.98 Å². The molecule has 7 heteroatoms. The number of nitrogens with two attached hydrogens (primary N) is 1. The number of nitrogens with one attached hydrogen (secondary N) is 1. The van der Waals surface area contributed by atoms with E-state index in [-0.39, 0.29) is 17.7 Å². The Bertz CT molecular complexity index is 532. The lowest BCUT2D eigenvalue weighted by atomic mass is 9.97. The van der Waals surface area contributed by atoms with Crippen LogP contribution in [0.3, 0.4) is 0 Å². The first-order chi connectivity index (χ1) is 11.2. The molecule has 2 heterocycles. The smallest absolute Gasteiger partial charge is 0.273 e. The van der Waals surface area contributed by atoms with Gasteiger partial charge in [-0.2, -0.15) is 0 Å². The molecule has 0 aromatic carbocycles. The summed E-state index contributed by atoms with van der Waals surface area (Å²) in [5.41, 5.74) is 5.99. The monoisotopic (exact) mass is 338 g/mol.